The van der Waals surface area contributed by atoms with Gasteiger partial charge in [-0.1, -0.05) is 17.4 Å². The van der Waals surface area contributed by atoms with Crippen molar-refractivity contribution in [1.82, 2.24) is 29.8 Å². The molecule has 4 aromatic rings. The second-order valence-corrected chi connectivity index (χ2v) is 7.75. The number of hydrogen-bond donors (Lipinski definition) is 1. The summed E-state index contributed by atoms with van der Waals surface area (Å²) < 4.78 is 31.5. The Morgan fingerprint density at radius 2 is 1.90 bits per heavy atom. The van der Waals surface area contributed by atoms with Crippen LogP contribution in [0.15, 0.2) is 36.7 Å². The van der Waals surface area contributed by atoms with Crippen LogP contribution in [0.5, 0.6) is 0 Å². The smallest absolute Gasteiger partial charge is 0.211 e. The molecule has 0 bridgehead atoms. The molecular weight excluding hydrogens is 396 g/mol. The first-order valence-electron chi connectivity index (χ1n) is 9.00. The summed E-state index contributed by atoms with van der Waals surface area (Å²) in [5.74, 6) is -0.620. The molecule has 4 rings (SSSR count). The lowest BCUT2D eigenvalue weighted by atomic mass is 10.1. The van der Waals surface area contributed by atoms with Crippen LogP contribution in [0.4, 0.5) is 19.7 Å². The summed E-state index contributed by atoms with van der Waals surface area (Å²) in [6, 6.07) is 6.29. The number of nitrogens with one attached hydrogen (secondary N) is 1. The van der Waals surface area contributed by atoms with Crippen LogP contribution in [-0.2, 0) is 6.54 Å². The number of aromatic nitrogens is 6. The van der Waals surface area contributed by atoms with Gasteiger partial charge in [-0.25, -0.2) is 8.78 Å². The van der Waals surface area contributed by atoms with E-state index >= 15 is 0 Å². The molecule has 0 amide bonds. The fourth-order valence-corrected chi connectivity index (χ4v) is 3.66. The van der Waals surface area contributed by atoms with Gasteiger partial charge in [0.15, 0.2) is 5.82 Å². The first-order chi connectivity index (χ1) is 13.9. The Morgan fingerprint density at radius 3 is 2.66 bits per heavy atom. The second kappa shape index (κ2) is 7.70. The fraction of sp³-hybridized carbons (Fsp3) is 0.263. The maximum absolute atomic E-state index is 14.2. The summed E-state index contributed by atoms with van der Waals surface area (Å²) in [6.45, 7) is 5.53. The average Bonchev–Trinajstić information content (AvgIpc) is 3.43. The molecule has 0 saturated heterocycles. The summed E-state index contributed by atoms with van der Waals surface area (Å²) >= 11 is 1.40. The normalized spacial score (nSPS) is 12.3. The molecule has 150 valence electrons. The molecule has 7 nitrogen and oxygen atoms in total. The van der Waals surface area contributed by atoms with Crippen molar-refractivity contribution >= 4 is 22.3 Å². The highest BCUT2D eigenvalue weighted by Gasteiger charge is 2.16. The van der Waals surface area contributed by atoms with E-state index in [9.17, 15) is 8.78 Å². The molecular formula is C19H19F2N7S. The van der Waals surface area contributed by atoms with E-state index in [-0.39, 0.29) is 18.2 Å². The Hall–Kier alpha value is -3.14. The number of rotatable bonds is 6. The van der Waals surface area contributed by atoms with E-state index in [0.29, 0.717) is 16.5 Å². The molecule has 3 heterocycles. The standard InChI is InChI=1S/C19H19F2N7S/c1-11-4-5-15(20)14(17(11)21)10-27-8-7-16(26-27)22-19-24-23-18(29-19)13(3)28-9-6-12(2)25-28/h4-9,13H,10H2,1-3H3,(H,22,24,26). The first kappa shape index (κ1) is 19.2. The Morgan fingerprint density at radius 1 is 1.07 bits per heavy atom. The molecule has 0 fully saturated rings. The highest BCUT2D eigenvalue weighted by molar-refractivity contribution is 7.15. The zero-order chi connectivity index (χ0) is 20.5. The third-order valence-electron chi connectivity index (χ3n) is 4.51. The number of halogens is 2. The van der Waals surface area contributed by atoms with Crippen LogP contribution in [0.1, 0.15) is 34.8 Å². The van der Waals surface area contributed by atoms with Crippen molar-refractivity contribution in [1.29, 1.82) is 0 Å². The van der Waals surface area contributed by atoms with Crippen LogP contribution in [0.25, 0.3) is 0 Å². The third-order valence-corrected chi connectivity index (χ3v) is 5.52. The van der Waals surface area contributed by atoms with Gasteiger partial charge in [0.1, 0.15) is 22.7 Å². The molecule has 1 aromatic carbocycles. The van der Waals surface area contributed by atoms with Crippen LogP contribution in [-0.4, -0.2) is 29.8 Å². The highest BCUT2D eigenvalue weighted by Crippen LogP contribution is 2.26. The van der Waals surface area contributed by atoms with Gasteiger partial charge < -0.3 is 5.32 Å². The van der Waals surface area contributed by atoms with Crippen molar-refractivity contribution in [2.24, 2.45) is 0 Å². The van der Waals surface area contributed by atoms with Gasteiger partial charge in [0.25, 0.3) is 0 Å². The second-order valence-electron chi connectivity index (χ2n) is 6.74. The van der Waals surface area contributed by atoms with Gasteiger partial charge in [0.2, 0.25) is 5.13 Å². The van der Waals surface area contributed by atoms with Gasteiger partial charge in [-0.05, 0) is 38.5 Å². The van der Waals surface area contributed by atoms with Gasteiger partial charge in [-0.2, -0.15) is 10.2 Å². The van der Waals surface area contributed by atoms with E-state index in [4.69, 9.17) is 0 Å². The van der Waals surface area contributed by atoms with Crippen LogP contribution in [0.3, 0.4) is 0 Å². The van der Waals surface area contributed by atoms with Crippen LogP contribution >= 0.6 is 11.3 Å². The fourth-order valence-electron chi connectivity index (χ4n) is 2.86. The number of hydrogen-bond acceptors (Lipinski definition) is 6. The predicted molar refractivity (Wildman–Crippen MR) is 106 cm³/mol. The monoisotopic (exact) mass is 415 g/mol. The maximum atomic E-state index is 14.2. The van der Waals surface area contributed by atoms with Crippen LogP contribution in [0, 0.1) is 25.5 Å². The third kappa shape index (κ3) is 4.02. The van der Waals surface area contributed by atoms with Crippen molar-refractivity contribution in [3.05, 3.63) is 70.1 Å². The van der Waals surface area contributed by atoms with Crippen molar-refractivity contribution in [3.63, 3.8) is 0 Å². The van der Waals surface area contributed by atoms with Crippen molar-refractivity contribution < 1.29 is 8.78 Å². The Labute approximate surface area is 170 Å². The summed E-state index contributed by atoms with van der Waals surface area (Å²) in [4.78, 5) is 0. The Bertz CT molecular complexity index is 1150. The minimum Gasteiger partial charge on any atom is -0.313 e. The molecule has 29 heavy (non-hydrogen) atoms. The molecule has 0 radical (unpaired) electrons. The van der Waals surface area contributed by atoms with E-state index in [0.717, 1.165) is 10.7 Å². The van der Waals surface area contributed by atoms with Gasteiger partial charge in [0, 0.05) is 24.0 Å². The van der Waals surface area contributed by atoms with E-state index in [1.807, 2.05) is 30.8 Å². The van der Waals surface area contributed by atoms with Crippen molar-refractivity contribution in [2.45, 2.75) is 33.4 Å². The summed E-state index contributed by atoms with van der Waals surface area (Å²) in [5, 5.41) is 21.5. The van der Waals surface area contributed by atoms with E-state index < -0.39 is 11.6 Å². The number of benzene rings is 1. The SMILES string of the molecule is Cc1ccn(C(C)c2nnc(Nc3ccn(Cc4c(F)ccc(C)c4F)n3)s2)n1. The molecule has 0 aliphatic rings. The largest absolute Gasteiger partial charge is 0.313 e. The molecule has 1 atom stereocenters. The zero-order valence-corrected chi connectivity index (χ0v) is 16.9. The summed E-state index contributed by atoms with van der Waals surface area (Å²) in [7, 11) is 0. The molecule has 0 spiro atoms. The quantitative estimate of drug-likeness (QED) is 0.510. The number of aryl methyl sites for hydroxylation is 2. The predicted octanol–water partition coefficient (Wildman–Crippen LogP) is 4.23. The molecule has 0 aliphatic carbocycles. The lowest BCUT2D eigenvalue weighted by Gasteiger charge is -2.07. The van der Waals surface area contributed by atoms with E-state index in [2.05, 4.69) is 25.7 Å². The van der Waals surface area contributed by atoms with Gasteiger partial charge >= 0.3 is 0 Å². The lowest BCUT2D eigenvalue weighted by molar-refractivity contribution is 0.528. The minimum atomic E-state index is -0.588. The van der Waals surface area contributed by atoms with Gasteiger partial charge in [0.05, 0.1) is 12.2 Å². The minimum absolute atomic E-state index is 0.00191. The van der Waals surface area contributed by atoms with Crippen LogP contribution < -0.4 is 5.32 Å². The summed E-state index contributed by atoms with van der Waals surface area (Å²) in [6.07, 6.45) is 3.56. The molecule has 0 saturated carbocycles. The highest BCUT2D eigenvalue weighted by atomic mass is 32.1. The molecule has 10 heteroatoms. The lowest BCUT2D eigenvalue weighted by Crippen LogP contribution is -2.07. The zero-order valence-electron chi connectivity index (χ0n) is 16.1. The molecule has 1 N–H and O–H groups in total. The molecule has 3 aromatic heterocycles. The van der Waals surface area contributed by atoms with E-state index in [1.165, 1.54) is 28.2 Å². The topological polar surface area (TPSA) is 73.5 Å². The summed E-state index contributed by atoms with van der Waals surface area (Å²) in [5.41, 5.74) is 1.32. The number of nitrogens with zero attached hydrogens (tertiary/aromatic N) is 6. The van der Waals surface area contributed by atoms with Crippen molar-refractivity contribution in [3.8, 4) is 0 Å². The first-order valence-corrected chi connectivity index (χ1v) is 9.81. The van der Waals surface area contributed by atoms with E-state index in [1.54, 1.807) is 19.2 Å². The Kier molecular flexibility index (Phi) is 5.10. The van der Waals surface area contributed by atoms with Crippen LogP contribution in [0.2, 0.25) is 0 Å². The maximum Gasteiger partial charge on any atom is 0.211 e. The van der Waals surface area contributed by atoms with Gasteiger partial charge in [-0.3, -0.25) is 9.36 Å². The van der Waals surface area contributed by atoms with Gasteiger partial charge in [-0.15, -0.1) is 10.2 Å². The number of anilines is 2. The molecule has 1 unspecified atom stereocenters. The molecule has 0 aliphatic heterocycles. The van der Waals surface area contributed by atoms with Crippen molar-refractivity contribution in [2.75, 3.05) is 5.32 Å². The average molecular weight is 415 g/mol. The Balaban J connectivity index is 1.46.